The van der Waals surface area contributed by atoms with Crippen LogP contribution in [0.3, 0.4) is 0 Å². The Bertz CT molecular complexity index is 858. The molecule has 0 spiro atoms. The second-order valence-electron chi connectivity index (χ2n) is 8.63. The topological polar surface area (TPSA) is 66.8 Å². The van der Waals surface area contributed by atoms with Crippen LogP contribution in [0.2, 0.25) is 0 Å². The van der Waals surface area contributed by atoms with E-state index in [9.17, 15) is 4.79 Å². The van der Waals surface area contributed by atoms with Crippen LogP contribution in [0, 0.1) is 5.92 Å². The summed E-state index contributed by atoms with van der Waals surface area (Å²) in [4.78, 5) is 19.4. The zero-order chi connectivity index (χ0) is 18.2. The number of hydrogen-bond acceptors (Lipinski definition) is 4. The van der Waals surface area contributed by atoms with Crippen molar-refractivity contribution in [3.63, 3.8) is 0 Å². The standard InChI is InChI=1S/C21H29N5O/c27-21-11-19(16-5-6-16)22-14-26(21)12-15-7-9-25(10-8-15)13-20-17-3-1-2-4-18(17)23-24-20/h11,14-16H,1-10,12-13H2,(H,23,24). The largest absolute Gasteiger partial charge is 0.299 e. The van der Waals surface area contributed by atoms with Gasteiger partial charge >= 0.3 is 0 Å². The quantitative estimate of drug-likeness (QED) is 0.882. The molecule has 0 aromatic carbocycles. The number of hydrogen-bond donors (Lipinski definition) is 1. The first-order valence-corrected chi connectivity index (χ1v) is 10.6. The van der Waals surface area contributed by atoms with Crippen LogP contribution in [0.15, 0.2) is 17.2 Å². The van der Waals surface area contributed by atoms with Crippen LogP contribution < -0.4 is 5.56 Å². The molecule has 6 heteroatoms. The minimum absolute atomic E-state index is 0.123. The van der Waals surface area contributed by atoms with E-state index in [0.29, 0.717) is 11.8 Å². The van der Waals surface area contributed by atoms with Crippen LogP contribution in [0.4, 0.5) is 0 Å². The van der Waals surface area contributed by atoms with Crippen molar-refractivity contribution in [1.82, 2.24) is 24.6 Å². The fraction of sp³-hybridized carbons (Fsp3) is 0.667. The zero-order valence-electron chi connectivity index (χ0n) is 16.0. The monoisotopic (exact) mass is 367 g/mol. The second-order valence-corrected chi connectivity index (χ2v) is 8.63. The van der Waals surface area contributed by atoms with Crippen molar-refractivity contribution in [2.45, 2.75) is 70.4 Å². The molecule has 2 aliphatic carbocycles. The maximum Gasteiger partial charge on any atom is 0.253 e. The van der Waals surface area contributed by atoms with Crippen molar-refractivity contribution in [3.8, 4) is 0 Å². The molecule has 27 heavy (non-hydrogen) atoms. The van der Waals surface area contributed by atoms with E-state index in [0.717, 1.165) is 51.1 Å². The molecule has 0 amide bonds. The third kappa shape index (κ3) is 3.72. The first-order valence-electron chi connectivity index (χ1n) is 10.6. The van der Waals surface area contributed by atoms with Crippen molar-refractivity contribution >= 4 is 0 Å². The molecule has 2 aromatic rings. The lowest BCUT2D eigenvalue weighted by atomic mass is 9.94. The van der Waals surface area contributed by atoms with Gasteiger partial charge in [0.1, 0.15) is 0 Å². The van der Waals surface area contributed by atoms with Crippen LogP contribution in [0.25, 0.3) is 0 Å². The Labute approximate surface area is 160 Å². The summed E-state index contributed by atoms with van der Waals surface area (Å²) in [6, 6.07) is 1.76. The Hall–Kier alpha value is -1.95. The van der Waals surface area contributed by atoms with Gasteiger partial charge in [0.05, 0.1) is 17.7 Å². The van der Waals surface area contributed by atoms with Gasteiger partial charge in [-0.25, -0.2) is 4.98 Å². The Morgan fingerprint density at radius 3 is 2.70 bits per heavy atom. The van der Waals surface area contributed by atoms with Crippen molar-refractivity contribution in [2.75, 3.05) is 13.1 Å². The lowest BCUT2D eigenvalue weighted by molar-refractivity contribution is 0.164. The number of fused-ring (bicyclic) bond motifs is 1. The van der Waals surface area contributed by atoms with E-state index in [1.807, 2.05) is 4.57 Å². The van der Waals surface area contributed by atoms with Crippen LogP contribution in [0.1, 0.15) is 67.1 Å². The molecule has 2 fully saturated rings. The molecule has 2 aromatic heterocycles. The van der Waals surface area contributed by atoms with E-state index in [4.69, 9.17) is 0 Å². The molecule has 6 nitrogen and oxygen atoms in total. The Balaban J connectivity index is 1.16. The Kier molecular flexibility index (Phi) is 4.60. The van der Waals surface area contributed by atoms with Crippen LogP contribution >= 0.6 is 0 Å². The highest BCUT2D eigenvalue weighted by Crippen LogP contribution is 2.38. The van der Waals surface area contributed by atoms with Gasteiger partial charge in [0, 0.05) is 30.8 Å². The van der Waals surface area contributed by atoms with Gasteiger partial charge in [0.15, 0.2) is 0 Å². The SMILES string of the molecule is O=c1cc(C2CC2)ncn1CC1CCN(Cc2n[nH]c3c2CCCC3)CC1. The number of nitrogens with one attached hydrogen (secondary N) is 1. The number of piperidine rings is 1. The van der Waals surface area contributed by atoms with Crippen molar-refractivity contribution in [3.05, 3.63) is 45.4 Å². The number of nitrogens with zero attached hydrogens (tertiary/aromatic N) is 4. The van der Waals surface area contributed by atoms with Gasteiger partial charge in [0.25, 0.3) is 5.56 Å². The summed E-state index contributed by atoms with van der Waals surface area (Å²) in [5, 5.41) is 7.86. The molecule has 0 radical (unpaired) electrons. The molecule has 144 valence electrons. The normalized spacial score (nSPS) is 21.3. The maximum absolute atomic E-state index is 12.4. The smallest absolute Gasteiger partial charge is 0.253 e. The van der Waals surface area contributed by atoms with E-state index in [-0.39, 0.29) is 5.56 Å². The molecule has 0 atom stereocenters. The summed E-state index contributed by atoms with van der Waals surface area (Å²) in [5.74, 6) is 1.11. The molecule has 5 rings (SSSR count). The van der Waals surface area contributed by atoms with Gasteiger partial charge < -0.3 is 0 Å². The highest BCUT2D eigenvalue weighted by atomic mass is 16.1. The Morgan fingerprint density at radius 1 is 1.11 bits per heavy atom. The summed E-state index contributed by atoms with van der Waals surface area (Å²) in [6.45, 7) is 3.96. The van der Waals surface area contributed by atoms with E-state index in [1.165, 1.54) is 49.1 Å². The molecule has 0 bridgehead atoms. The maximum atomic E-state index is 12.4. The molecule has 3 heterocycles. The molecule has 3 aliphatic rings. The van der Waals surface area contributed by atoms with Crippen molar-refractivity contribution < 1.29 is 0 Å². The first kappa shape index (κ1) is 17.2. The molecule has 1 aliphatic heterocycles. The van der Waals surface area contributed by atoms with Gasteiger partial charge in [-0.15, -0.1) is 0 Å². The number of rotatable bonds is 5. The van der Waals surface area contributed by atoms with E-state index >= 15 is 0 Å². The predicted molar refractivity (Wildman–Crippen MR) is 104 cm³/mol. The van der Waals surface area contributed by atoms with Gasteiger partial charge in [0.2, 0.25) is 0 Å². The minimum atomic E-state index is 0.123. The highest BCUT2D eigenvalue weighted by molar-refractivity contribution is 5.27. The summed E-state index contributed by atoms with van der Waals surface area (Å²) in [6.07, 6.45) is 11.4. The summed E-state index contributed by atoms with van der Waals surface area (Å²) < 4.78 is 1.82. The molecular formula is C21H29N5O. The number of likely N-dealkylation sites (tertiary alicyclic amines) is 1. The number of aromatic amines is 1. The van der Waals surface area contributed by atoms with Gasteiger partial charge in [-0.2, -0.15) is 5.10 Å². The van der Waals surface area contributed by atoms with Gasteiger partial charge in [-0.05, 0) is 75.9 Å². The molecule has 1 saturated carbocycles. The zero-order valence-corrected chi connectivity index (χ0v) is 16.0. The van der Waals surface area contributed by atoms with Crippen molar-refractivity contribution in [1.29, 1.82) is 0 Å². The number of aryl methyl sites for hydroxylation is 1. The molecule has 1 N–H and O–H groups in total. The lowest BCUT2D eigenvalue weighted by Gasteiger charge is -2.32. The highest BCUT2D eigenvalue weighted by Gasteiger charge is 2.26. The summed E-state index contributed by atoms with van der Waals surface area (Å²) in [7, 11) is 0. The molecule has 0 unspecified atom stereocenters. The second kappa shape index (κ2) is 7.23. The third-order valence-electron chi connectivity index (χ3n) is 6.57. The Morgan fingerprint density at radius 2 is 1.93 bits per heavy atom. The summed E-state index contributed by atoms with van der Waals surface area (Å²) in [5.41, 5.74) is 5.23. The number of H-pyrrole nitrogens is 1. The third-order valence-corrected chi connectivity index (χ3v) is 6.57. The number of aromatic nitrogens is 4. The molecule has 1 saturated heterocycles. The van der Waals surface area contributed by atoms with E-state index in [1.54, 1.807) is 12.4 Å². The summed E-state index contributed by atoms with van der Waals surface area (Å²) >= 11 is 0. The van der Waals surface area contributed by atoms with Crippen LogP contribution in [-0.2, 0) is 25.9 Å². The predicted octanol–water partition coefficient (Wildman–Crippen LogP) is 2.63. The fourth-order valence-electron chi connectivity index (χ4n) is 4.68. The minimum Gasteiger partial charge on any atom is -0.299 e. The van der Waals surface area contributed by atoms with E-state index < -0.39 is 0 Å². The average Bonchev–Trinajstić information content (AvgIpc) is 3.47. The first-order chi connectivity index (χ1) is 13.3. The van der Waals surface area contributed by atoms with Crippen molar-refractivity contribution in [2.24, 2.45) is 5.92 Å². The van der Waals surface area contributed by atoms with Crippen LogP contribution in [0.5, 0.6) is 0 Å². The van der Waals surface area contributed by atoms with Gasteiger partial charge in [-0.3, -0.25) is 19.4 Å². The lowest BCUT2D eigenvalue weighted by Crippen LogP contribution is -2.36. The average molecular weight is 367 g/mol. The molecular weight excluding hydrogens is 338 g/mol. The van der Waals surface area contributed by atoms with E-state index in [2.05, 4.69) is 20.1 Å². The van der Waals surface area contributed by atoms with Gasteiger partial charge in [-0.1, -0.05) is 0 Å². The fourth-order valence-corrected chi connectivity index (χ4v) is 4.68. The van der Waals surface area contributed by atoms with Crippen LogP contribution in [-0.4, -0.2) is 37.7 Å².